The summed E-state index contributed by atoms with van der Waals surface area (Å²) >= 11 is 0. The zero-order valence-corrected chi connectivity index (χ0v) is 11.6. The second-order valence-corrected chi connectivity index (χ2v) is 5.15. The lowest BCUT2D eigenvalue weighted by Crippen LogP contribution is -2.27. The number of carbonyl (C=O) groups is 1. The number of non-ortho nitro benzene ring substituents is 1. The van der Waals surface area contributed by atoms with E-state index >= 15 is 0 Å². The number of benzene rings is 1. The number of likely N-dealkylation sites (N-methyl/N-ethyl adjacent to an activating group) is 1. The van der Waals surface area contributed by atoms with E-state index in [1.165, 1.54) is 12.1 Å². The van der Waals surface area contributed by atoms with Crippen LogP contribution in [-0.4, -0.2) is 35.7 Å². The molecule has 5 heteroatoms. The average molecular weight is 264 g/mol. The molecule has 0 bridgehead atoms. The molecule has 1 rings (SSSR count). The van der Waals surface area contributed by atoms with Crippen molar-refractivity contribution in [2.75, 3.05) is 20.1 Å². The molecular weight excluding hydrogens is 244 g/mol. The highest BCUT2D eigenvalue weighted by Gasteiger charge is 2.13. The number of hydrogen-bond acceptors (Lipinski definition) is 4. The van der Waals surface area contributed by atoms with Gasteiger partial charge >= 0.3 is 0 Å². The first kappa shape index (κ1) is 15.3. The van der Waals surface area contributed by atoms with Gasteiger partial charge in [0.1, 0.15) is 0 Å². The van der Waals surface area contributed by atoms with Gasteiger partial charge in [0.2, 0.25) is 0 Å². The minimum Gasteiger partial charge on any atom is -0.299 e. The molecule has 0 N–H and O–H groups in total. The van der Waals surface area contributed by atoms with E-state index in [1.54, 1.807) is 12.1 Å². The first-order chi connectivity index (χ1) is 8.90. The highest BCUT2D eigenvalue weighted by Crippen LogP contribution is 2.14. The van der Waals surface area contributed by atoms with Gasteiger partial charge < -0.3 is 0 Å². The van der Waals surface area contributed by atoms with Gasteiger partial charge in [0.05, 0.1) is 11.5 Å². The van der Waals surface area contributed by atoms with Crippen LogP contribution in [0, 0.1) is 16.0 Å². The molecule has 0 aliphatic heterocycles. The fourth-order valence-corrected chi connectivity index (χ4v) is 1.69. The molecule has 0 fully saturated rings. The van der Waals surface area contributed by atoms with Crippen LogP contribution in [-0.2, 0) is 0 Å². The number of hydrogen-bond donors (Lipinski definition) is 0. The van der Waals surface area contributed by atoms with E-state index in [-0.39, 0.29) is 18.0 Å². The van der Waals surface area contributed by atoms with E-state index in [1.807, 2.05) is 11.9 Å². The second kappa shape index (κ2) is 6.99. The maximum atomic E-state index is 12.0. The van der Waals surface area contributed by atoms with Crippen molar-refractivity contribution in [1.29, 1.82) is 0 Å². The predicted octanol–water partition coefficient (Wildman–Crippen LogP) is 2.76. The lowest BCUT2D eigenvalue weighted by Gasteiger charge is -2.16. The van der Waals surface area contributed by atoms with Crippen molar-refractivity contribution in [3.8, 4) is 0 Å². The zero-order chi connectivity index (χ0) is 14.4. The minimum atomic E-state index is -0.487. The van der Waals surface area contributed by atoms with Gasteiger partial charge in [0, 0.05) is 17.7 Å². The van der Waals surface area contributed by atoms with E-state index in [0.29, 0.717) is 11.5 Å². The van der Waals surface area contributed by atoms with Crippen LogP contribution < -0.4 is 0 Å². The molecule has 5 nitrogen and oxygen atoms in total. The number of rotatable bonds is 7. The highest BCUT2D eigenvalue weighted by molar-refractivity contribution is 5.98. The van der Waals surface area contributed by atoms with Gasteiger partial charge in [-0.05, 0) is 25.9 Å². The Kier molecular flexibility index (Phi) is 5.63. The number of nitro benzene ring substituents is 1. The first-order valence-electron chi connectivity index (χ1n) is 6.36. The van der Waals surface area contributed by atoms with Crippen molar-refractivity contribution in [2.45, 2.75) is 20.3 Å². The molecule has 0 aromatic heterocycles. The summed E-state index contributed by atoms with van der Waals surface area (Å²) in [4.78, 5) is 24.1. The molecule has 0 aliphatic carbocycles. The lowest BCUT2D eigenvalue weighted by atomic mass is 10.1. The van der Waals surface area contributed by atoms with Crippen molar-refractivity contribution < 1.29 is 9.72 Å². The van der Waals surface area contributed by atoms with Crippen LogP contribution >= 0.6 is 0 Å². The summed E-state index contributed by atoms with van der Waals surface area (Å²) < 4.78 is 0. The molecular formula is C14H20N2O3. The van der Waals surface area contributed by atoms with Gasteiger partial charge in [-0.25, -0.2) is 0 Å². The Morgan fingerprint density at radius 2 is 2.11 bits per heavy atom. The summed E-state index contributed by atoms with van der Waals surface area (Å²) in [5.74, 6) is 0.505. The van der Waals surface area contributed by atoms with Gasteiger partial charge in [-0.15, -0.1) is 0 Å². The summed E-state index contributed by atoms with van der Waals surface area (Å²) in [7, 11) is 1.89. The molecule has 1 aromatic carbocycles. The van der Waals surface area contributed by atoms with Crippen LogP contribution in [0.2, 0.25) is 0 Å². The quantitative estimate of drug-likeness (QED) is 0.431. The number of carbonyl (C=O) groups excluding carboxylic acids is 1. The van der Waals surface area contributed by atoms with Crippen molar-refractivity contribution >= 4 is 11.5 Å². The van der Waals surface area contributed by atoms with Gasteiger partial charge in [0.25, 0.3) is 5.69 Å². The van der Waals surface area contributed by atoms with Crippen molar-refractivity contribution in [1.82, 2.24) is 4.90 Å². The van der Waals surface area contributed by atoms with E-state index in [9.17, 15) is 14.9 Å². The Hall–Kier alpha value is -1.75. The number of ketones is 1. The van der Waals surface area contributed by atoms with Crippen molar-refractivity contribution in [3.63, 3.8) is 0 Å². The Bertz CT molecular complexity index is 458. The molecule has 104 valence electrons. The molecule has 0 saturated carbocycles. The van der Waals surface area contributed by atoms with E-state index < -0.39 is 4.92 Å². The third-order valence-corrected chi connectivity index (χ3v) is 2.88. The highest BCUT2D eigenvalue weighted by atomic mass is 16.6. The van der Waals surface area contributed by atoms with Crippen LogP contribution in [0.1, 0.15) is 30.6 Å². The van der Waals surface area contributed by atoms with E-state index in [0.717, 1.165) is 13.0 Å². The summed E-state index contributed by atoms with van der Waals surface area (Å²) in [6.07, 6.45) is 1.03. The lowest BCUT2D eigenvalue weighted by molar-refractivity contribution is -0.384. The van der Waals surface area contributed by atoms with Gasteiger partial charge in [-0.2, -0.15) is 0 Å². The molecule has 19 heavy (non-hydrogen) atoms. The Labute approximate surface area is 113 Å². The molecule has 0 spiro atoms. The zero-order valence-electron chi connectivity index (χ0n) is 11.6. The van der Waals surface area contributed by atoms with E-state index in [4.69, 9.17) is 0 Å². The largest absolute Gasteiger partial charge is 0.299 e. The number of Topliss-reactive ketones (excluding diaryl/α,β-unsaturated/α-hetero) is 1. The standard InChI is InChI=1S/C14H20N2O3/c1-11(2)7-8-15(3)10-14(17)12-5-4-6-13(9-12)16(18)19/h4-6,9,11H,7-8,10H2,1-3H3. The molecule has 0 amide bonds. The normalized spacial score (nSPS) is 11.0. The minimum absolute atomic E-state index is 0.0457. The number of nitro groups is 1. The summed E-state index contributed by atoms with van der Waals surface area (Å²) in [5, 5.41) is 10.7. The molecule has 0 heterocycles. The van der Waals surface area contributed by atoms with Crippen LogP contribution in [0.15, 0.2) is 24.3 Å². The fraction of sp³-hybridized carbons (Fsp3) is 0.500. The maximum absolute atomic E-state index is 12.0. The van der Waals surface area contributed by atoms with Gasteiger partial charge in [-0.3, -0.25) is 19.8 Å². The average Bonchev–Trinajstić information content (AvgIpc) is 2.36. The smallest absolute Gasteiger partial charge is 0.270 e. The van der Waals surface area contributed by atoms with Gasteiger partial charge in [0.15, 0.2) is 5.78 Å². The Balaban J connectivity index is 2.62. The fourth-order valence-electron chi connectivity index (χ4n) is 1.69. The van der Waals surface area contributed by atoms with E-state index in [2.05, 4.69) is 13.8 Å². The monoisotopic (exact) mass is 264 g/mol. The SMILES string of the molecule is CC(C)CCN(C)CC(=O)c1cccc([N+](=O)[O-])c1. The molecule has 0 saturated heterocycles. The summed E-state index contributed by atoms with van der Waals surface area (Å²) in [5.41, 5.74) is 0.348. The van der Waals surface area contributed by atoms with Crippen LogP contribution in [0.25, 0.3) is 0 Å². The topological polar surface area (TPSA) is 63.5 Å². The maximum Gasteiger partial charge on any atom is 0.270 e. The third kappa shape index (κ3) is 5.18. The van der Waals surface area contributed by atoms with Crippen LogP contribution in [0.4, 0.5) is 5.69 Å². The molecule has 1 aromatic rings. The first-order valence-corrected chi connectivity index (χ1v) is 6.36. The predicted molar refractivity (Wildman–Crippen MR) is 74.4 cm³/mol. The van der Waals surface area contributed by atoms with Crippen LogP contribution in [0.3, 0.4) is 0 Å². The number of nitrogens with zero attached hydrogens (tertiary/aromatic N) is 2. The Morgan fingerprint density at radius 1 is 1.42 bits per heavy atom. The van der Waals surface area contributed by atoms with Crippen molar-refractivity contribution in [3.05, 3.63) is 39.9 Å². The van der Waals surface area contributed by atoms with Gasteiger partial charge in [-0.1, -0.05) is 26.0 Å². The third-order valence-electron chi connectivity index (χ3n) is 2.88. The molecule has 0 aliphatic rings. The summed E-state index contributed by atoms with van der Waals surface area (Å²) in [6.45, 7) is 5.40. The molecule has 0 atom stereocenters. The van der Waals surface area contributed by atoms with Crippen LogP contribution in [0.5, 0.6) is 0 Å². The Morgan fingerprint density at radius 3 is 2.68 bits per heavy atom. The molecule has 0 radical (unpaired) electrons. The summed E-state index contributed by atoms with van der Waals surface area (Å²) in [6, 6.07) is 5.88. The van der Waals surface area contributed by atoms with Crippen molar-refractivity contribution in [2.24, 2.45) is 5.92 Å². The molecule has 0 unspecified atom stereocenters. The second-order valence-electron chi connectivity index (χ2n) is 5.15.